The molecular weight excluding hydrogens is 348 g/mol. The molecule has 1 saturated heterocycles. The quantitative estimate of drug-likeness (QED) is 0.781. The fraction of sp³-hybridized carbons (Fsp3) is 0.150. The van der Waals surface area contributed by atoms with E-state index in [-0.39, 0.29) is 17.5 Å². The topological polar surface area (TPSA) is 72.8 Å². The summed E-state index contributed by atoms with van der Waals surface area (Å²) in [5.74, 6) is -1.33. The summed E-state index contributed by atoms with van der Waals surface area (Å²) in [7, 11) is 0. The maximum absolute atomic E-state index is 12.8. The second kappa shape index (κ2) is 7.58. The molecule has 1 fully saturated rings. The third-order valence-electron chi connectivity index (χ3n) is 3.78. The van der Waals surface area contributed by atoms with Gasteiger partial charge < -0.3 is 9.90 Å². The fourth-order valence-corrected chi connectivity index (χ4v) is 3.62. The van der Waals surface area contributed by atoms with Crippen LogP contribution in [0.1, 0.15) is 29.8 Å². The predicted octanol–water partition coefficient (Wildman–Crippen LogP) is 3.06. The third kappa shape index (κ3) is 3.86. The first-order valence-corrected chi connectivity index (χ1v) is 8.95. The van der Waals surface area contributed by atoms with Crippen LogP contribution < -0.4 is 5.11 Å². The van der Waals surface area contributed by atoms with Gasteiger partial charge in [0.05, 0.1) is 16.6 Å². The van der Waals surface area contributed by atoms with Gasteiger partial charge in [0.15, 0.2) is 5.17 Å². The highest BCUT2D eigenvalue weighted by molar-refractivity contribution is 8.18. The van der Waals surface area contributed by atoms with Gasteiger partial charge in [0.1, 0.15) is 0 Å². The van der Waals surface area contributed by atoms with E-state index in [1.165, 1.54) is 23.9 Å². The van der Waals surface area contributed by atoms with E-state index >= 15 is 0 Å². The molecule has 5 nitrogen and oxygen atoms in total. The monoisotopic (exact) mass is 365 g/mol. The van der Waals surface area contributed by atoms with Crippen molar-refractivity contribution in [1.82, 2.24) is 4.90 Å². The highest BCUT2D eigenvalue weighted by Crippen LogP contribution is 2.35. The molecule has 0 unspecified atom stereocenters. The van der Waals surface area contributed by atoms with Crippen molar-refractivity contribution < 1.29 is 14.7 Å². The highest BCUT2D eigenvalue weighted by atomic mass is 32.2. The Bertz CT molecular complexity index is 887. The smallest absolute Gasteiger partial charge is 0.266 e. The number of para-hydroxylation sites is 1. The molecule has 2 aromatic carbocycles. The molecule has 0 atom stereocenters. The average Bonchev–Trinajstić information content (AvgIpc) is 2.91. The Labute approximate surface area is 156 Å². The van der Waals surface area contributed by atoms with E-state index < -0.39 is 5.97 Å². The van der Waals surface area contributed by atoms with Gasteiger partial charge in [0.2, 0.25) is 0 Å². The lowest BCUT2D eigenvalue weighted by atomic mass is 10.1. The lowest BCUT2D eigenvalue weighted by molar-refractivity contribution is -0.255. The van der Waals surface area contributed by atoms with Crippen LogP contribution >= 0.6 is 11.8 Å². The number of aliphatic imine (C=N–C) groups is 1. The first kappa shape index (κ1) is 17.9. The Balaban J connectivity index is 1.92. The lowest BCUT2D eigenvalue weighted by Crippen LogP contribution is -2.35. The summed E-state index contributed by atoms with van der Waals surface area (Å²) in [5, 5.41) is 11.5. The molecule has 0 spiro atoms. The number of nitrogens with zero attached hydrogens (tertiary/aromatic N) is 2. The van der Waals surface area contributed by atoms with E-state index in [9.17, 15) is 14.7 Å². The highest BCUT2D eigenvalue weighted by Gasteiger charge is 2.35. The first-order chi connectivity index (χ1) is 12.5. The second-order valence-corrected chi connectivity index (χ2v) is 7.03. The van der Waals surface area contributed by atoms with Crippen molar-refractivity contribution in [3.63, 3.8) is 0 Å². The maximum Gasteiger partial charge on any atom is 0.266 e. The predicted molar refractivity (Wildman–Crippen MR) is 102 cm³/mol. The normalized spacial score (nSPS) is 17.5. The molecular formula is C20H17N2O3S-. The molecule has 3 rings (SSSR count). The van der Waals surface area contributed by atoms with Crippen molar-refractivity contribution >= 4 is 40.6 Å². The molecule has 0 aliphatic carbocycles. The molecule has 1 aliphatic rings. The van der Waals surface area contributed by atoms with Crippen LogP contribution in [0.4, 0.5) is 5.69 Å². The minimum Gasteiger partial charge on any atom is -0.545 e. The van der Waals surface area contributed by atoms with E-state index in [1.807, 2.05) is 44.2 Å². The standard InChI is InChI=1S/C20H18N2O3S/c1-13(2)22-18(23)17(12-14-8-10-15(11-9-14)19(24)25)26-20(22)21-16-6-4-3-5-7-16/h3-13H,1-2H3,(H,24,25)/p-1/b17-12+,21-20?. The van der Waals surface area contributed by atoms with E-state index in [0.29, 0.717) is 10.1 Å². The van der Waals surface area contributed by atoms with Crippen molar-refractivity contribution in [2.24, 2.45) is 4.99 Å². The number of thioether (sulfide) groups is 1. The van der Waals surface area contributed by atoms with Gasteiger partial charge in [0, 0.05) is 6.04 Å². The molecule has 2 aromatic rings. The number of carboxylic acid groups (broad SMARTS) is 1. The maximum atomic E-state index is 12.8. The van der Waals surface area contributed by atoms with Gasteiger partial charge in [-0.15, -0.1) is 0 Å². The van der Waals surface area contributed by atoms with Crippen LogP contribution in [0.3, 0.4) is 0 Å². The number of carbonyl (C=O) groups excluding carboxylic acids is 2. The fourth-order valence-electron chi connectivity index (χ4n) is 2.50. The number of rotatable bonds is 4. The Hall–Kier alpha value is -2.86. The number of hydrogen-bond acceptors (Lipinski definition) is 5. The van der Waals surface area contributed by atoms with Crippen molar-refractivity contribution in [2.75, 3.05) is 0 Å². The first-order valence-electron chi connectivity index (χ1n) is 8.14. The van der Waals surface area contributed by atoms with Crippen molar-refractivity contribution in [3.8, 4) is 0 Å². The zero-order chi connectivity index (χ0) is 18.7. The van der Waals surface area contributed by atoms with Crippen molar-refractivity contribution in [1.29, 1.82) is 0 Å². The number of benzene rings is 2. The Morgan fingerprint density at radius 1 is 1.12 bits per heavy atom. The van der Waals surface area contributed by atoms with E-state index in [4.69, 9.17) is 0 Å². The molecule has 0 aromatic heterocycles. The molecule has 1 amide bonds. The van der Waals surface area contributed by atoms with Crippen LogP contribution in [0.2, 0.25) is 0 Å². The molecule has 1 aliphatic heterocycles. The van der Waals surface area contributed by atoms with Crippen LogP contribution in [-0.2, 0) is 4.79 Å². The number of carboxylic acids is 1. The molecule has 0 radical (unpaired) electrons. The van der Waals surface area contributed by atoms with Crippen LogP contribution in [0, 0.1) is 0 Å². The van der Waals surface area contributed by atoms with Gasteiger partial charge in [-0.2, -0.15) is 0 Å². The average molecular weight is 365 g/mol. The summed E-state index contributed by atoms with van der Waals surface area (Å²) in [6, 6.07) is 15.7. The molecule has 6 heteroatoms. The Morgan fingerprint density at radius 2 is 1.77 bits per heavy atom. The summed E-state index contributed by atoms with van der Waals surface area (Å²) in [5.41, 5.74) is 1.64. The SMILES string of the molecule is CC(C)N1C(=O)/C(=C\c2ccc(C(=O)[O-])cc2)SC1=Nc1ccccc1. The summed E-state index contributed by atoms with van der Waals surface area (Å²) >= 11 is 1.31. The zero-order valence-corrected chi connectivity index (χ0v) is 15.2. The van der Waals surface area contributed by atoms with Crippen molar-refractivity contribution in [2.45, 2.75) is 19.9 Å². The number of aromatic carboxylic acids is 1. The van der Waals surface area contributed by atoms with Crippen LogP contribution in [-0.4, -0.2) is 28.0 Å². The Morgan fingerprint density at radius 3 is 2.35 bits per heavy atom. The van der Waals surface area contributed by atoms with Gasteiger partial charge in [-0.1, -0.05) is 42.5 Å². The molecule has 0 N–H and O–H groups in total. The van der Waals surface area contributed by atoms with E-state index in [2.05, 4.69) is 4.99 Å². The molecule has 0 saturated carbocycles. The minimum atomic E-state index is -1.22. The lowest BCUT2D eigenvalue weighted by Gasteiger charge is -2.19. The number of hydrogen-bond donors (Lipinski definition) is 0. The zero-order valence-electron chi connectivity index (χ0n) is 14.4. The Kier molecular flexibility index (Phi) is 5.23. The largest absolute Gasteiger partial charge is 0.545 e. The van der Waals surface area contributed by atoms with E-state index in [0.717, 1.165) is 11.3 Å². The summed E-state index contributed by atoms with van der Waals surface area (Å²) in [4.78, 5) is 30.4. The summed E-state index contributed by atoms with van der Waals surface area (Å²) in [6.45, 7) is 3.88. The summed E-state index contributed by atoms with van der Waals surface area (Å²) < 4.78 is 0. The van der Waals surface area contributed by atoms with Crippen LogP contribution in [0.15, 0.2) is 64.5 Å². The van der Waals surface area contributed by atoms with Gasteiger partial charge in [-0.05, 0) is 54.9 Å². The molecule has 132 valence electrons. The summed E-state index contributed by atoms with van der Waals surface area (Å²) in [6.07, 6.45) is 1.74. The second-order valence-electron chi connectivity index (χ2n) is 6.02. The van der Waals surface area contributed by atoms with Crippen LogP contribution in [0.5, 0.6) is 0 Å². The number of carbonyl (C=O) groups is 2. The number of amidine groups is 1. The number of amides is 1. The van der Waals surface area contributed by atoms with Gasteiger partial charge >= 0.3 is 0 Å². The van der Waals surface area contributed by atoms with Gasteiger partial charge in [0.25, 0.3) is 5.91 Å². The minimum absolute atomic E-state index is 0.0242. The third-order valence-corrected chi connectivity index (χ3v) is 4.76. The molecule has 26 heavy (non-hydrogen) atoms. The van der Waals surface area contributed by atoms with Crippen molar-refractivity contribution in [3.05, 3.63) is 70.6 Å². The molecule has 1 heterocycles. The van der Waals surface area contributed by atoms with E-state index in [1.54, 1.807) is 23.1 Å². The van der Waals surface area contributed by atoms with Gasteiger partial charge in [-0.3, -0.25) is 9.69 Å². The van der Waals surface area contributed by atoms with Crippen LogP contribution in [0.25, 0.3) is 6.08 Å². The van der Waals surface area contributed by atoms with Gasteiger partial charge in [-0.25, -0.2) is 4.99 Å². The molecule has 0 bridgehead atoms.